The maximum Gasteiger partial charge on any atom is 0.408 e. The third-order valence-electron chi connectivity index (χ3n) is 3.37. The summed E-state index contributed by atoms with van der Waals surface area (Å²) in [5.41, 5.74) is -1.06. The summed E-state index contributed by atoms with van der Waals surface area (Å²) in [6.45, 7) is 7.35. The molecule has 1 rings (SSSR count). The Balaban J connectivity index is 2.58. The molecule has 0 saturated heterocycles. The number of carbonyl (C=O) groups is 1. The molecule has 0 aromatic heterocycles. The fraction of sp³-hybridized carbons (Fsp3) is 0.923. The number of hydrogen-bond acceptors (Lipinski definition) is 3. The zero-order valence-electron chi connectivity index (χ0n) is 11.4. The van der Waals surface area contributed by atoms with Gasteiger partial charge >= 0.3 is 6.09 Å². The molecule has 0 heterocycles. The highest BCUT2D eigenvalue weighted by molar-refractivity contribution is 5.68. The van der Waals surface area contributed by atoms with E-state index < -0.39 is 17.2 Å². The number of alkyl carbamates (subject to hydrolysis) is 1. The van der Waals surface area contributed by atoms with Gasteiger partial charge < -0.3 is 15.2 Å². The number of nitrogens with one attached hydrogen (secondary N) is 1. The highest BCUT2D eigenvalue weighted by Gasteiger charge is 2.37. The molecule has 0 aromatic rings. The lowest BCUT2D eigenvalue weighted by atomic mass is 9.85. The molecule has 1 unspecified atom stereocenters. The monoisotopic (exact) mass is 243 g/mol. The van der Waals surface area contributed by atoms with Crippen LogP contribution in [0.1, 0.15) is 53.4 Å². The fourth-order valence-corrected chi connectivity index (χ4v) is 2.37. The molecule has 0 radical (unpaired) electrons. The van der Waals surface area contributed by atoms with E-state index in [0.717, 1.165) is 12.8 Å². The number of amides is 1. The van der Waals surface area contributed by atoms with E-state index >= 15 is 0 Å². The summed E-state index contributed by atoms with van der Waals surface area (Å²) in [5, 5.41) is 12.4. The SMILES string of the molecule is CC(C)(C)OC(=O)NC(C)(CO)C1CCCC1. The molecule has 100 valence electrons. The summed E-state index contributed by atoms with van der Waals surface area (Å²) >= 11 is 0. The molecule has 0 bridgehead atoms. The molecule has 1 aliphatic rings. The zero-order valence-corrected chi connectivity index (χ0v) is 11.4. The van der Waals surface area contributed by atoms with Crippen LogP contribution in [0.2, 0.25) is 0 Å². The molecule has 0 aliphatic heterocycles. The summed E-state index contributed by atoms with van der Waals surface area (Å²) in [6, 6.07) is 0. The first-order valence-electron chi connectivity index (χ1n) is 6.39. The number of carbonyl (C=O) groups excluding carboxylic acids is 1. The maximum atomic E-state index is 11.7. The summed E-state index contributed by atoms with van der Waals surface area (Å²) in [6.07, 6.45) is 4.03. The van der Waals surface area contributed by atoms with Gasteiger partial charge in [0.2, 0.25) is 0 Å². The van der Waals surface area contributed by atoms with Crippen molar-refractivity contribution in [2.24, 2.45) is 5.92 Å². The normalized spacial score (nSPS) is 21.0. The van der Waals surface area contributed by atoms with Gasteiger partial charge in [-0.05, 0) is 46.5 Å². The van der Waals surface area contributed by atoms with Crippen LogP contribution in [0.25, 0.3) is 0 Å². The lowest BCUT2D eigenvalue weighted by Gasteiger charge is -2.35. The minimum absolute atomic E-state index is 0.0447. The first-order chi connectivity index (χ1) is 7.77. The topological polar surface area (TPSA) is 58.6 Å². The first-order valence-corrected chi connectivity index (χ1v) is 6.39. The van der Waals surface area contributed by atoms with Crippen LogP contribution in [0.5, 0.6) is 0 Å². The zero-order chi connectivity index (χ0) is 13.1. The van der Waals surface area contributed by atoms with E-state index in [1.165, 1.54) is 12.8 Å². The van der Waals surface area contributed by atoms with Gasteiger partial charge in [0, 0.05) is 0 Å². The maximum absolute atomic E-state index is 11.7. The number of aliphatic hydroxyl groups is 1. The minimum atomic E-state index is -0.557. The molecule has 4 nitrogen and oxygen atoms in total. The molecule has 17 heavy (non-hydrogen) atoms. The summed E-state index contributed by atoms with van der Waals surface area (Å²) in [5.74, 6) is 0.347. The van der Waals surface area contributed by atoms with Gasteiger partial charge in [0.1, 0.15) is 5.60 Å². The predicted octanol–water partition coefficient (Wildman–Crippen LogP) is 2.45. The molecule has 0 aromatic carbocycles. The smallest absolute Gasteiger partial charge is 0.408 e. The van der Waals surface area contributed by atoms with Gasteiger partial charge in [-0.3, -0.25) is 0 Å². The second-order valence-electron chi connectivity index (χ2n) is 6.18. The largest absolute Gasteiger partial charge is 0.444 e. The van der Waals surface area contributed by atoms with Crippen LogP contribution >= 0.6 is 0 Å². The average Bonchev–Trinajstić information content (AvgIpc) is 2.67. The van der Waals surface area contributed by atoms with Crippen LogP contribution < -0.4 is 5.32 Å². The Morgan fingerprint density at radius 1 is 1.29 bits per heavy atom. The van der Waals surface area contributed by atoms with Gasteiger partial charge in [-0.25, -0.2) is 4.79 Å². The van der Waals surface area contributed by atoms with Gasteiger partial charge in [-0.15, -0.1) is 0 Å². The van der Waals surface area contributed by atoms with Gasteiger partial charge in [-0.1, -0.05) is 12.8 Å². The van der Waals surface area contributed by atoms with Crippen molar-refractivity contribution in [2.75, 3.05) is 6.61 Å². The molecule has 0 spiro atoms. The molecule has 1 fully saturated rings. The lowest BCUT2D eigenvalue weighted by Crippen LogP contribution is -2.54. The van der Waals surface area contributed by atoms with Crippen molar-refractivity contribution in [2.45, 2.75) is 64.5 Å². The molecule has 1 atom stereocenters. The lowest BCUT2D eigenvalue weighted by molar-refractivity contribution is 0.0340. The summed E-state index contributed by atoms with van der Waals surface area (Å²) in [4.78, 5) is 11.7. The molecule has 4 heteroatoms. The quantitative estimate of drug-likeness (QED) is 0.800. The molecule has 2 N–H and O–H groups in total. The molecule has 1 amide bonds. The Morgan fingerprint density at radius 3 is 2.24 bits per heavy atom. The fourth-order valence-electron chi connectivity index (χ4n) is 2.37. The number of aliphatic hydroxyl groups excluding tert-OH is 1. The van der Waals surface area contributed by atoms with Crippen molar-refractivity contribution in [3.63, 3.8) is 0 Å². The Kier molecular flexibility index (Phi) is 4.42. The van der Waals surface area contributed by atoms with E-state index in [1.807, 2.05) is 27.7 Å². The Labute approximate surface area is 104 Å². The molecular weight excluding hydrogens is 218 g/mol. The van der Waals surface area contributed by atoms with Crippen LogP contribution in [-0.2, 0) is 4.74 Å². The first kappa shape index (κ1) is 14.3. The van der Waals surface area contributed by atoms with Crippen molar-refractivity contribution < 1.29 is 14.6 Å². The average molecular weight is 243 g/mol. The van der Waals surface area contributed by atoms with Crippen molar-refractivity contribution in [3.8, 4) is 0 Å². The molecule has 1 saturated carbocycles. The summed E-state index contributed by atoms with van der Waals surface area (Å²) in [7, 11) is 0. The van der Waals surface area contributed by atoms with Gasteiger partial charge in [-0.2, -0.15) is 0 Å². The predicted molar refractivity (Wildman–Crippen MR) is 66.8 cm³/mol. The Bertz CT molecular complexity index is 266. The highest BCUT2D eigenvalue weighted by Crippen LogP contribution is 2.33. The van der Waals surface area contributed by atoms with E-state index in [9.17, 15) is 9.90 Å². The third-order valence-corrected chi connectivity index (χ3v) is 3.37. The third kappa shape index (κ3) is 4.19. The van der Waals surface area contributed by atoms with Gasteiger partial charge in [0.05, 0.1) is 12.1 Å². The number of ether oxygens (including phenoxy) is 1. The van der Waals surface area contributed by atoms with E-state index in [4.69, 9.17) is 4.74 Å². The van der Waals surface area contributed by atoms with Crippen LogP contribution in [0.3, 0.4) is 0 Å². The van der Waals surface area contributed by atoms with E-state index in [1.54, 1.807) is 0 Å². The van der Waals surface area contributed by atoms with Crippen molar-refractivity contribution >= 4 is 6.09 Å². The highest BCUT2D eigenvalue weighted by atomic mass is 16.6. The number of hydrogen-bond donors (Lipinski definition) is 2. The van der Waals surface area contributed by atoms with Crippen molar-refractivity contribution in [1.29, 1.82) is 0 Å². The van der Waals surface area contributed by atoms with Crippen LogP contribution in [0.4, 0.5) is 4.79 Å². The number of rotatable bonds is 3. The van der Waals surface area contributed by atoms with E-state index in [2.05, 4.69) is 5.32 Å². The van der Waals surface area contributed by atoms with Gasteiger partial charge in [0.15, 0.2) is 0 Å². The van der Waals surface area contributed by atoms with Crippen molar-refractivity contribution in [3.05, 3.63) is 0 Å². The second-order valence-corrected chi connectivity index (χ2v) is 6.18. The Hall–Kier alpha value is -0.770. The minimum Gasteiger partial charge on any atom is -0.444 e. The Morgan fingerprint density at radius 2 is 1.82 bits per heavy atom. The standard InChI is InChI=1S/C13H25NO3/c1-12(2,3)17-11(16)14-13(4,9-15)10-7-5-6-8-10/h10,15H,5-9H2,1-4H3,(H,14,16). The van der Waals surface area contributed by atoms with E-state index in [-0.39, 0.29) is 6.61 Å². The molecular formula is C13H25NO3. The van der Waals surface area contributed by atoms with Gasteiger partial charge in [0.25, 0.3) is 0 Å². The van der Waals surface area contributed by atoms with E-state index in [0.29, 0.717) is 5.92 Å². The summed E-state index contributed by atoms with van der Waals surface area (Å²) < 4.78 is 5.23. The van der Waals surface area contributed by atoms with Crippen LogP contribution in [0.15, 0.2) is 0 Å². The van der Waals surface area contributed by atoms with Crippen LogP contribution in [0, 0.1) is 5.92 Å². The van der Waals surface area contributed by atoms with Crippen molar-refractivity contribution in [1.82, 2.24) is 5.32 Å². The van der Waals surface area contributed by atoms with Crippen LogP contribution in [-0.4, -0.2) is 28.9 Å². The second kappa shape index (κ2) is 5.25. The molecule has 1 aliphatic carbocycles.